The van der Waals surface area contributed by atoms with Gasteiger partial charge in [-0.05, 0) is 26.0 Å². The zero-order chi connectivity index (χ0) is 20.3. The zero-order valence-corrected chi connectivity index (χ0v) is 17.1. The van der Waals surface area contributed by atoms with E-state index in [2.05, 4.69) is 15.3 Å². The Kier molecular flexibility index (Phi) is 5.99. The van der Waals surface area contributed by atoms with Crippen LogP contribution in [-0.4, -0.2) is 47.5 Å². The molecular formula is C21H23ClN4O2. The minimum atomic E-state index is -0.130. The van der Waals surface area contributed by atoms with Crippen molar-refractivity contribution in [3.63, 3.8) is 0 Å². The lowest BCUT2D eigenvalue weighted by Gasteiger charge is -2.16. The number of carbonyl (C=O) groups excluding carboxylic acids is 1. The van der Waals surface area contributed by atoms with E-state index >= 15 is 0 Å². The van der Waals surface area contributed by atoms with Crippen molar-refractivity contribution in [3.05, 3.63) is 47.6 Å². The number of nitrogens with one attached hydrogen (secondary N) is 1. The second-order valence-electron chi connectivity index (χ2n) is 6.96. The first-order valence-electron chi connectivity index (χ1n) is 9.00. The molecule has 3 rings (SSSR count). The van der Waals surface area contributed by atoms with Crippen LogP contribution in [-0.2, 0) is 4.79 Å². The second kappa shape index (κ2) is 8.44. The smallest absolute Gasteiger partial charge is 0.259 e. The summed E-state index contributed by atoms with van der Waals surface area (Å²) in [6.45, 7) is 3.98. The van der Waals surface area contributed by atoms with Crippen LogP contribution in [0.3, 0.4) is 0 Å². The predicted molar refractivity (Wildman–Crippen MR) is 113 cm³/mol. The van der Waals surface area contributed by atoms with Gasteiger partial charge >= 0.3 is 0 Å². The molecule has 28 heavy (non-hydrogen) atoms. The third kappa shape index (κ3) is 4.51. The van der Waals surface area contributed by atoms with Crippen LogP contribution in [0.15, 0.2) is 42.6 Å². The number of benzene rings is 2. The van der Waals surface area contributed by atoms with E-state index in [0.29, 0.717) is 16.7 Å². The molecule has 0 saturated heterocycles. The van der Waals surface area contributed by atoms with Gasteiger partial charge in [0.2, 0.25) is 5.95 Å². The van der Waals surface area contributed by atoms with E-state index < -0.39 is 0 Å². The first kappa shape index (κ1) is 19.9. The minimum absolute atomic E-state index is 0.0713. The molecule has 0 unspecified atom stereocenters. The van der Waals surface area contributed by atoms with Gasteiger partial charge in [0.05, 0.1) is 5.52 Å². The molecule has 0 aliphatic rings. The average molecular weight is 399 g/mol. The minimum Gasteiger partial charge on any atom is -0.483 e. The largest absolute Gasteiger partial charge is 0.483 e. The van der Waals surface area contributed by atoms with E-state index in [1.54, 1.807) is 20.3 Å². The lowest BCUT2D eigenvalue weighted by Crippen LogP contribution is -2.27. The molecule has 1 N–H and O–H groups in total. The molecule has 3 aromatic rings. The maximum atomic E-state index is 12.0. The van der Waals surface area contributed by atoms with Gasteiger partial charge in [0.1, 0.15) is 5.75 Å². The lowest BCUT2D eigenvalue weighted by atomic mass is 10.0. The summed E-state index contributed by atoms with van der Waals surface area (Å²) in [6, 6.07) is 11.5. The molecule has 1 heterocycles. The number of fused-ring (bicyclic) bond motifs is 1. The van der Waals surface area contributed by atoms with Crippen LogP contribution in [0.25, 0.3) is 22.0 Å². The zero-order valence-electron chi connectivity index (χ0n) is 16.4. The molecular weight excluding hydrogens is 376 g/mol. The topological polar surface area (TPSA) is 67.4 Å². The number of amides is 1. The highest BCUT2D eigenvalue weighted by atomic mass is 35.5. The van der Waals surface area contributed by atoms with E-state index in [9.17, 15) is 4.79 Å². The number of rotatable bonds is 6. The molecule has 0 aliphatic heterocycles. The van der Waals surface area contributed by atoms with Gasteiger partial charge in [0, 0.05) is 53.9 Å². The third-order valence-electron chi connectivity index (χ3n) is 4.11. The quantitative estimate of drug-likeness (QED) is 0.672. The van der Waals surface area contributed by atoms with Gasteiger partial charge in [-0.15, -0.1) is 0 Å². The van der Waals surface area contributed by atoms with Crippen molar-refractivity contribution in [3.8, 4) is 16.9 Å². The molecule has 1 aromatic heterocycles. The number of likely N-dealkylation sites (N-methyl/N-ethyl adjacent to an activating group) is 1. The Morgan fingerprint density at radius 1 is 1.21 bits per heavy atom. The number of ether oxygens (including phenoxy) is 1. The Morgan fingerprint density at radius 2 is 1.96 bits per heavy atom. The monoisotopic (exact) mass is 398 g/mol. The van der Waals surface area contributed by atoms with Gasteiger partial charge in [0.25, 0.3) is 5.91 Å². The summed E-state index contributed by atoms with van der Waals surface area (Å²) in [6.07, 6.45) is 1.77. The predicted octanol–water partition coefficient (Wildman–Crippen LogP) is 4.24. The van der Waals surface area contributed by atoms with Crippen molar-refractivity contribution < 1.29 is 9.53 Å². The molecule has 0 atom stereocenters. The first-order valence-corrected chi connectivity index (χ1v) is 9.38. The van der Waals surface area contributed by atoms with E-state index in [1.165, 1.54) is 4.90 Å². The van der Waals surface area contributed by atoms with Crippen LogP contribution in [0.2, 0.25) is 5.02 Å². The summed E-state index contributed by atoms with van der Waals surface area (Å²) < 4.78 is 5.87. The van der Waals surface area contributed by atoms with Crippen molar-refractivity contribution in [2.75, 3.05) is 26.0 Å². The molecule has 0 radical (unpaired) electrons. The first-order chi connectivity index (χ1) is 13.3. The van der Waals surface area contributed by atoms with Crippen LogP contribution in [0.4, 0.5) is 5.95 Å². The number of nitrogens with zero attached hydrogens (tertiary/aromatic N) is 3. The maximum absolute atomic E-state index is 12.0. The SMILES string of the molecule is CC(C)Nc1ncc2cc(-c3ccccc3Cl)c(OCC(=O)N(C)C)cc2n1. The Labute approximate surface area is 169 Å². The number of hydrogen-bond acceptors (Lipinski definition) is 5. The molecule has 1 amide bonds. The number of carbonyl (C=O) groups is 1. The second-order valence-corrected chi connectivity index (χ2v) is 7.36. The van der Waals surface area contributed by atoms with Crippen LogP contribution in [0.1, 0.15) is 13.8 Å². The van der Waals surface area contributed by atoms with E-state index in [4.69, 9.17) is 16.3 Å². The van der Waals surface area contributed by atoms with Crippen LogP contribution >= 0.6 is 11.6 Å². The highest BCUT2D eigenvalue weighted by Gasteiger charge is 2.15. The van der Waals surface area contributed by atoms with Crippen molar-refractivity contribution in [1.82, 2.24) is 14.9 Å². The Bertz CT molecular complexity index is 1000. The van der Waals surface area contributed by atoms with Crippen molar-refractivity contribution >= 4 is 34.4 Å². The molecule has 0 saturated carbocycles. The van der Waals surface area contributed by atoms with E-state index in [-0.39, 0.29) is 18.6 Å². The van der Waals surface area contributed by atoms with Crippen LogP contribution in [0.5, 0.6) is 5.75 Å². The number of hydrogen-bond donors (Lipinski definition) is 1. The normalized spacial score (nSPS) is 10.9. The van der Waals surface area contributed by atoms with Gasteiger partial charge < -0.3 is 15.0 Å². The standard InChI is InChI=1S/C21H23ClN4O2/c1-13(2)24-21-23-11-14-9-16(15-7-5-6-8-17(15)22)19(10-18(14)25-21)28-12-20(27)26(3)4/h5-11,13H,12H2,1-4H3,(H,23,24,25). The number of halogens is 1. The molecule has 146 valence electrons. The van der Waals surface area contributed by atoms with Gasteiger partial charge in [0.15, 0.2) is 6.61 Å². The fourth-order valence-corrected chi connectivity index (χ4v) is 2.90. The summed E-state index contributed by atoms with van der Waals surface area (Å²) in [7, 11) is 3.39. The summed E-state index contributed by atoms with van der Waals surface area (Å²) in [5.74, 6) is 0.961. The summed E-state index contributed by atoms with van der Waals surface area (Å²) >= 11 is 6.41. The molecule has 0 aliphatic carbocycles. The Balaban J connectivity index is 2.09. The summed E-state index contributed by atoms with van der Waals surface area (Å²) in [5, 5.41) is 4.65. The number of anilines is 1. The molecule has 7 heteroatoms. The highest BCUT2D eigenvalue weighted by molar-refractivity contribution is 6.33. The molecule has 0 bridgehead atoms. The summed E-state index contributed by atoms with van der Waals surface area (Å²) in [5.41, 5.74) is 2.34. The van der Waals surface area contributed by atoms with Gasteiger partial charge in [-0.25, -0.2) is 9.97 Å². The van der Waals surface area contributed by atoms with Crippen molar-refractivity contribution in [2.24, 2.45) is 0 Å². The number of aromatic nitrogens is 2. The fraction of sp³-hybridized carbons (Fsp3) is 0.286. The van der Waals surface area contributed by atoms with Crippen molar-refractivity contribution in [1.29, 1.82) is 0 Å². The third-order valence-corrected chi connectivity index (χ3v) is 4.44. The lowest BCUT2D eigenvalue weighted by molar-refractivity contribution is -0.130. The van der Waals surface area contributed by atoms with Gasteiger partial charge in [-0.3, -0.25) is 4.79 Å². The highest BCUT2D eigenvalue weighted by Crippen LogP contribution is 2.37. The molecule has 0 spiro atoms. The fourth-order valence-electron chi connectivity index (χ4n) is 2.67. The average Bonchev–Trinajstić information content (AvgIpc) is 2.65. The van der Waals surface area contributed by atoms with Gasteiger partial charge in [-0.1, -0.05) is 29.8 Å². The molecule has 6 nitrogen and oxygen atoms in total. The van der Waals surface area contributed by atoms with E-state index in [0.717, 1.165) is 22.0 Å². The Morgan fingerprint density at radius 3 is 2.64 bits per heavy atom. The molecule has 2 aromatic carbocycles. The molecule has 0 fully saturated rings. The van der Waals surface area contributed by atoms with E-state index in [1.807, 2.05) is 50.2 Å². The summed E-state index contributed by atoms with van der Waals surface area (Å²) in [4.78, 5) is 22.4. The van der Waals surface area contributed by atoms with Crippen LogP contribution < -0.4 is 10.1 Å². The maximum Gasteiger partial charge on any atom is 0.259 e. The van der Waals surface area contributed by atoms with Crippen LogP contribution in [0, 0.1) is 0 Å². The Hall–Kier alpha value is -2.86. The van der Waals surface area contributed by atoms with Crippen molar-refractivity contribution in [2.45, 2.75) is 19.9 Å². The van der Waals surface area contributed by atoms with Gasteiger partial charge in [-0.2, -0.15) is 0 Å².